The molecule has 0 unspecified atom stereocenters. The standard InChI is InChI=1S/C15H24N2.C2H6/c1-3-13-7-9-15(10-8-13)17(2)12-14-6-4-5-11-16-14;1-2/h4-6,11,13,15H,3,7-10,12H2,1-2H3;1-2H3. The van der Waals surface area contributed by atoms with Crippen LogP contribution in [0.15, 0.2) is 24.4 Å². The molecular formula is C17H30N2. The Bertz CT molecular complexity index is 315. The summed E-state index contributed by atoms with van der Waals surface area (Å²) in [6.07, 6.45) is 8.79. The molecule has 1 aromatic rings. The van der Waals surface area contributed by atoms with E-state index in [2.05, 4.69) is 36.0 Å². The molecule has 19 heavy (non-hydrogen) atoms. The van der Waals surface area contributed by atoms with Crippen molar-refractivity contribution in [3.8, 4) is 0 Å². The summed E-state index contributed by atoms with van der Waals surface area (Å²) in [5.41, 5.74) is 1.19. The third-order valence-corrected chi connectivity index (χ3v) is 4.15. The molecule has 0 radical (unpaired) electrons. The van der Waals surface area contributed by atoms with Crippen LogP contribution in [0.1, 0.15) is 58.6 Å². The van der Waals surface area contributed by atoms with E-state index in [1.165, 1.54) is 37.8 Å². The van der Waals surface area contributed by atoms with Crippen molar-refractivity contribution in [1.29, 1.82) is 0 Å². The van der Waals surface area contributed by atoms with E-state index in [9.17, 15) is 0 Å². The molecule has 1 saturated carbocycles. The summed E-state index contributed by atoms with van der Waals surface area (Å²) in [6.45, 7) is 7.31. The number of pyridine rings is 1. The van der Waals surface area contributed by atoms with E-state index in [1.807, 2.05) is 26.1 Å². The van der Waals surface area contributed by atoms with Gasteiger partial charge in [0.25, 0.3) is 0 Å². The molecule has 1 fully saturated rings. The minimum atomic E-state index is 0.764. The summed E-state index contributed by atoms with van der Waals surface area (Å²) in [5, 5.41) is 0. The van der Waals surface area contributed by atoms with Crippen LogP contribution in [0.3, 0.4) is 0 Å². The summed E-state index contributed by atoms with van der Waals surface area (Å²) >= 11 is 0. The summed E-state index contributed by atoms with van der Waals surface area (Å²) in [5.74, 6) is 0.981. The Morgan fingerprint density at radius 2 is 1.84 bits per heavy atom. The van der Waals surface area contributed by atoms with Gasteiger partial charge in [-0.05, 0) is 50.8 Å². The van der Waals surface area contributed by atoms with Crippen molar-refractivity contribution in [2.45, 2.75) is 65.5 Å². The van der Waals surface area contributed by atoms with Crippen molar-refractivity contribution in [2.75, 3.05) is 7.05 Å². The van der Waals surface area contributed by atoms with Gasteiger partial charge in [-0.25, -0.2) is 0 Å². The third kappa shape index (κ3) is 5.32. The second kappa shape index (κ2) is 9.08. The molecule has 108 valence electrons. The first-order chi connectivity index (χ1) is 9.29. The van der Waals surface area contributed by atoms with E-state index in [0.717, 1.165) is 18.5 Å². The number of aromatic nitrogens is 1. The Labute approximate surface area is 119 Å². The van der Waals surface area contributed by atoms with Gasteiger partial charge in [-0.2, -0.15) is 0 Å². The molecule has 1 heterocycles. The Morgan fingerprint density at radius 1 is 1.16 bits per heavy atom. The summed E-state index contributed by atoms with van der Waals surface area (Å²) in [6, 6.07) is 6.94. The molecule has 0 spiro atoms. The smallest absolute Gasteiger partial charge is 0.0543 e. The molecule has 2 rings (SSSR count). The molecule has 2 heteroatoms. The maximum Gasteiger partial charge on any atom is 0.0543 e. The zero-order valence-electron chi connectivity index (χ0n) is 13.1. The predicted molar refractivity (Wildman–Crippen MR) is 83.1 cm³/mol. The largest absolute Gasteiger partial charge is 0.298 e. The number of rotatable bonds is 4. The lowest BCUT2D eigenvalue weighted by atomic mass is 9.84. The molecule has 0 amide bonds. The van der Waals surface area contributed by atoms with Gasteiger partial charge in [0, 0.05) is 18.8 Å². The first kappa shape index (κ1) is 16.2. The third-order valence-electron chi connectivity index (χ3n) is 4.15. The van der Waals surface area contributed by atoms with Gasteiger partial charge < -0.3 is 0 Å². The van der Waals surface area contributed by atoms with Crippen LogP contribution in [-0.2, 0) is 6.54 Å². The van der Waals surface area contributed by atoms with E-state index in [1.54, 1.807) is 0 Å². The molecule has 1 aliphatic carbocycles. The Morgan fingerprint density at radius 3 is 2.37 bits per heavy atom. The molecule has 0 N–H and O–H groups in total. The first-order valence-corrected chi connectivity index (χ1v) is 7.89. The summed E-state index contributed by atoms with van der Waals surface area (Å²) in [4.78, 5) is 6.88. The molecule has 0 atom stereocenters. The Hall–Kier alpha value is -0.890. The lowest BCUT2D eigenvalue weighted by Crippen LogP contribution is -2.34. The normalized spacial score (nSPS) is 22.8. The van der Waals surface area contributed by atoms with Gasteiger partial charge in [0.15, 0.2) is 0 Å². The molecule has 1 aromatic heterocycles. The van der Waals surface area contributed by atoms with Gasteiger partial charge in [-0.3, -0.25) is 9.88 Å². The highest BCUT2D eigenvalue weighted by atomic mass is 15.1. The van der Waals surface area contributed by atoms with Crippen molar-refractivity contribution in [2.24, 2.45) is 5.92 Å². The van der Waals surface area contributed by atoms with Crippen molar-refractivity contribution >= 4 is 0 Å². The highest BCUT2D eigenvalue weighted by molar-refractivity contribution is 5.03. The SMILES string of the molecule is CC.CCC1CCC(N(C)Cc2ccccn2)CC1. The van der Waals surface area contributed by atoms with E-state index < -0.39 is 0 Å². The van der Waals surface area contributed by atoms with E-state index in [0.29, 0.717) is 0 Å². The van der Waals surface area contributed by atoms with Gasteiger partial charge in [-0.15, -0.1) is 0 Å². The van der Waals surface area contributed by atoms with Crippen molar-refractivity contribution in [1.82, 2.24) is 9.88 Å². The van der Waals surface area contributed by atoms with E-state index in [-0.39, 0.29) is 0 Å². The fraction of sp³-hybridized carbons (Fsp3) is 0.706. The van der Waals surface area contributed by atoms with Crippen LogP contribution in [-0.4, -0.2) is 23.0 Å². The van der Waals surface area contributed by atoms with E-state index >= 15 is 0 Å². The maximum absolute atomic E-state index is 4.40. The van der Waals surface area contributed by atoms with Gasteiger partial charge in [0.05, 0.1) is 5.69 Å². The summed E-state index contributed by atoms with van der Waals surface area (Å²) < 4.78 is 0. The van der Waals surface area contributed by atoms with Gasteiger partial charge in [0.2, 0.25) is 0 Å². The van der Waals surface area contributed by atoms with Crippen molar-refractivity contribution in [3.05, 3.63) is 30.1 Å². The molecule has 0 aromatic carbocycles. The lowest BCUT2D eigenvalue weighted by molar-refractivity contribution is 0.156. The van der Waals surface area contributed by atoms with Gasteiger partial charge in [-0.1, -0.05) is 33.3 Å². The maximum atomic E-state index is 4.40. The summed E-state index contributed by atoms with van der Waals surface area (Å²) in [7, 11) is 2.24. The fourth-order valence-corrected chi connectivity index (χ4v) is 2.87. The molecule has 0 aliphatic heterocycles. The van der Waals surface area contributed by atoms with Gasteiger partial charge in [0.1, 0.15) is 0 Å². The molecule has 1 aliphatic rings. The molecule has 2 nitrogen and oxygen atoms in total. The zero-order chi connectivity index (χ0) is 14.1. The number of hydrogen-bond donors (Lipinski definition) is 0. The van der Waals surface area contributed by atoms with Crippen LogP contribution in [0.2, 0.25) is 0 Å². The molecular weight excluding hydrogens is 232 g/mol. The highest BCUT2D eigenvalue weighted by Crippen LogP contribution is 2.29. The van der Waals surface area contributed by atoms with Crippen LogP contribution in [0.4, 0.5) is 0 Å². The quantitative estimate of drug-likeness (QED) is 0.793. The predicted octanol–water partition coefficient (Wildman–Crippen LogP) is 4.51. The van der Waals surface area contributed by atoms with Crippen LogP contribution in [0.5, 0.6) is 0 Å². The number of hydrogen-bond acceptors (Lipinski definition) is 2. The van der Waals surface area contributed by atoms with E-state index in [4.69, 9.17) is 0 Å². The second-order valence-electron chi connectivity index (χ2n) is 5.32. The van der Waals surface area contributed by atoms with Crippen LogP contribution >= 0.6 is 0 Å². The monoisotopic (exact) mass is 262 g/mol. The minimum Gasteiger partial charge on any atom is -0.298 e. The minimum absolute atomic E-state index is 0.764. The molecule has 0 bridgehead atoms. The lowest BCUT2D eigenvalue weighted by Gasteiger charge is -2.34. The van der Waals surface area contributed by atoms with Crippen LogP contribution in [0, 0.1) is 5.92 Å². The topological polar surface area (TPSA) is 16.1 Å². The number of nitrogens with zero attached hydrogens (tertiary/aromatic N) is 2. The van der Waals surface area contributed by atoms with Crippen LogP contribution in [0.25, 0.3) is 0 Å². The van der Waals surface area contributed by atoms with Crippen molar-refractivity contribution < 1.29 is 0 Å². The average Bonchev–Trinajstić information content (AvgIpc) is 2.50. The van der Waals surface area contributed by atoms with Crippen molar-refractivity contribution in [3.63, 3.8) is 0 Å². The fourth-order valence-electron chi connectivity index (χ4n) is 2.87. The Balaban J connectivity index is 0.000000861. The average molecular weight is 262 g/mol. The second-order valence-corrected chi connectivity index (χ2v) is 5.32. The van der Waals surface area contributed by atoms with Gasteiger partial charge >= 0.3 is 0 Å². The zero-order valence-corrected chi connectivity index (χ0v) is 13.1. The Kier molecular flexibility index (Phi) is 7.73. The molecule has 0 saturated heterocycles. The first-order valence-electron chi connectivity index (χ1n) is 7.89. The highest BCUT2D eigenvalue weighted by Gasteiger charge is 2.22. The van der Waals surface area contributed by atoms with Crippen LogP contribution < -0.4 is 0 Å².